The lowest BCUT2D eigenvalue weighted by Gasteiger charge is -2.25. The zero-order valence-electron chi connectivity index (χ0n) is 11.6. The van der Waals surface area contributed by atoms with Gasteiger partial charge in [0.05, 0.1) is 18.6 Å². The molecule has 1 aliphatic heterocycles. The van der Waals surface area contributed by atoms with Gasteiger partial charge < -0.3 is 9.64 Å². The summed E-state index contributed by atoms with van der Waals surface area (Å²) in [4.78, 5) is 6.31. The van der Waals surface area contributed by atoms with Crippen molar-refractivity contribution in [2.75, 3.05) is 36.6 Å². The summed E-state index contributed by atoms with van der Waals surface area (Å²) >= 11 is 0. The molecular weight excluding hydrogens is 292 g/mol. The number of hydrogen-bond acceptors (Lipinski definition) is 6. The van der Waals surface area contributed by atoms with E-state index in [0.29, 0.717) is 24.9 Å². The second-order valence-corrected chi connectivity index (χ2v) is 7.16. The van der Waals surface area contributed by atoms with Crippen LogP contribution in [0.25, 0.3) is 11.4 Å². The smallest absolute Gasteiger partial charge is 0.245 e. The molecule has 8 heteroatoms. The van der Waals surface area contributed by atoms with Crippen LogP contribution < -0.4 is 9.64 Å². The van der Waals surface area contributed by atoms with Crippen LogP contribution in [-0.2, 0) is 9.84 Å². The first-order chi connectivity index (χ1) is 10.1. The van der Waals surface area contributed by atoms with Crippen LogP contribution in [0.5, 0.6) is 5.75 Å². The molecule has 0 aliphatic carbocycles. The van der Waals surface area contributed by atoms with Gasteiger partial charge in [-0.1, -0.05) is 12.1 Å². The van der Waals surface area contributed by atoms with Crippen molar-refractivity contribution in [1.29, 1.82) is 0 Å². The molecular formula is C13H16N4O3S. The second-order valence-electron chi connectivity index (χ2n) is 4.85. The second kappa shape index (κ2) is 5.36. The first-order valence-corrected chi connectivity index (χ1v) is 8.42. The van der Waals surface area contributed by atoms with Crippen molar-refractivity contribution in [3.05, 3.63) is 24.3 Å². The van der Waals surface area contributed by atoms with Gasteiger partial charge in [-0.2, -0.15) is 4.98 Å². The van der Waals surface area contributed by atoms with Crippen molar-refractivity contribution in [3.8, 4) is 17.1 Å². The molecule has 1 aromatic carbocycles. The Hall–Kier alpha value is -2.09. The van der Waals surface area contributed by atoms with Crippen LogP contribution in [0, 0.1) is 0 Å². The van der Waals surface area contributed by atoms with Gasteiger partial charge in [0.25, 0.3) is 0 Å². The fourth-order valence-electron chi connectivity index (χ4n) is 2.21. The molecule has 0 unspecified atom stereocenters. The number of rotatable bonds is 3. The Kier molecular flexibility index (Phi) is 3.54. The summed E-state index contributed by atoms with van der Waals surface area (Å²) in [7, 11) is -1.29. The maximum absolute atomic E-state index is 11.4. The fourth-order valence-corrected chi connectivity index (χ4v) is 3.41. The molecule has 1 saturated heterocycles. The van der Waals surface area contributed by atoms with Crippen molar-refractivity contribution < 1.29 is 13.2 Å². The maximum Gasteiger partial charge on any atom is 0.245 e. The number of aromatic amines is 1. The van der Waals surface area contributed by atoms with Crippen LogP contribution in [0.1, 0.15) is 0 Å². The van der Waals surface area contributed by atoms with E-state index in [2.05, 4.69) is 15.2 Å². The summed E-state index contributed by atoms with van der Waals surface area (Å²) in [5, 5.41) is 7.06. The van der Waals surface area contributed by atoms with Crippen LogP contribution in [0.4, 0.5) is 5.95 Å². The molecule has 3 rings (SSSR count). The Morgan fingerprint density at radius 2 is 2.05 bits per heavy atom. The van der Waals surface area contributed by atoms with Crippen molar-refractivity contribution in [1.82, 2.24) is 15.2 Å². The Balaban J connectivity index is 1.80. The van der Waals surface area contributed by atoms with E-state index in [4.69, 9.17) is 4.74 Å². The van der Waals surface area contributed by atoms with Gasteiger partial charge in [0.2, 0.25) is 5.95 Å². The molecule has 0 atom stereocenters. The van der Waals surface area contributed by atoms with E-state index < -0.39 is 9.84 Å². The predicted molar refractivity (Wildman–Crippen MR) is 79.2 cm³/mol. The topological polar surface area (TPSA) is 88.2 Å². The normalized spacial score (nSPS) is 17.7. The lowest BCUT2D eigenvalue weighted by Crippen LogP contribution is -2.40. The van der Waals surface area contributed by atoms with E-state index in [1.165, 1.54) is 0 Å². The minimum atomic E-state index is -2.90. The summed E-state index contributed by atoms with van der Waals surface area (Å²) < 4.78 is 28.1. The molecule has 0 amide bonds. The van der Waals surface area contributed by atoms with Crippen molar-refractivity contribution in [2.45, 2.75) is 0 Å². The van der Waals surface area contributed by atoms with Gasteiger partial charge in [-0.15, -0.1) is 5.10 Å². The van der Waals surface area contributed by atoms with E-state index in [1.54, 1.807) is 7.11 Å². The number of nitrogens with zero attached hydrogens (tertiary/aromatic N) is 3. The highest BCUT2D eigenvalue weighted by molar-refractivity contribution is 7.91. The van der Waals surface area contributed by atoms with Gasteiger partial charge in [0.15, 0.2) is 15.7 Å². The number of H-pyrrole nitrogens is 1. The average Bonchev–Trinajstić information content (AvgIpc) is 2.97. The lowest BCUT2D eigenvalue weighted by atomic mass is 10.2. The van der Waals surface area contributed by atoms with E-state index in [-0.39, 0.29) is 11.5 Å². The number of sulfone groups is 1. The number of ether oxygens (including phenoxy) is 1. The number of methoxy groups -OCH3 is 1. The summed E-state index contributed by atoms with van der Waals surface area (Å²) in [5.74, 6) is 2.21. The third-order valence-electron chi connectivity index (χ3n) is 3.44. The zero-order valence-corrected chi connectivity index (χ0v) is 12.4. The molecule has 1 aromatic heterocycles. The molecule has 1 fully saturated rings. The Morgan fingerprint density at radius 3 is 2.76 bits per heavy atom. The van der Waals surface area contributed by atoms with Crippen LogP contribution in [0.2, 0.25) is 0 Å². The Labute approximate surface area is 122 Å². The maximum atomic E-state index is 11.4. The summed E-state index contributed by atoms with van der Waals surface area (Å²) in [6, 6.07) is 7.51. The van der Waals surface area contributed by atoms with Gasteiger partial charge >= 0.3 is 0 Å². The molecule has 0 bridgehead atoms. The summed E-state index contributed by atoms with van der Waals surface area (Å²) in [5.41, 5.74) is 0.873. The standard InChI is InChI=1S/C13H16N4O3S/c1-20-11-4-2-3-10(9-11)12-14-13(16-15-12)17-5-7-21(18,19)8-6-17/h2-4,9H,5-8H2,1H3,(H,14,15,16). The third kappa shape index (κ3) is 2.99. The van der Waals surface area contributed by atoms with Crippen LogP contribution >= 0.6 is 0 Å². The highest BCUT2D eigenvalue weighted by atomic mass is 32.2. The number of aromatic nitrogens is 3. The summed E-state index contributed by atoms with van der Waals surface area (Å²) in [6.07, 6.45) is 0. The molecule has 2 aromatic rings. The van der Waals surface area contributed by atoms with Crippen LogP contribution in [-0.4, -0.2) is 55.3 Å². The van der Waals surface area contributed by atoms with Gasteiger partial charge in [0.1, 0.15) is 5.75 Å². The first kappa shape index (κ1) is 13.9. The largest absolute Gasteiger partial charge is 0.497 e. The molecule has 112 valence electrons. The average molecular weight is 308 g/mol. The molecule has 0 radical (unpaired) electrons. The van der Waals surface area contributed by atoms with Gasteiger partial charge in [-0.05, 0) is 12.1 Å². The number of anilines is 1. The molecule has 2 heterocycles. The zero-order chi connectivity index (χ0) is 14.9. The van der Waals surface area contributed by atoms with Gasteiger partial charge in [-0.25, -0.2) is 8.42 Å². The monoisotopic (exact) mass is 308 g/mol. The highest BCUT2D eigenvalue weighted by Gasteiger charge is 2.24. The molecule has 1 aliphatic rings. The first-order valence-electron chi connectivity index (χ1n) is 6.59. The molecule has 1 N–H and O–H groups in total. The Bertz CT molecular complexity index is 727. The van der Waals surface area contributed by atoms with Crippen molar-refractivity contribution >= 4 is 15.8 Å². The van der Waals surface area contributed by atoms with Gasteiger partial charge in [0, 0.05) is 18.7 Å². The highest BCUT2D eigenvalue weighted by Crippen LogP contribution is 2.22. The lowest BCUT2D eigenvalue weighted by molar-refractivity contribution is 0.415. The van der Waals surface area contributed by atoms with Crippen LogP contribution in [0.15, 0.2) is 24.3 Å². The third-order valence-corrected chi connectivity index (χ3v) is 5.05. The summed E-state index contributed by atoms with van der Waals surface area (Å²) in [6.45, 7) is 0.857. The fraction of sp³-hybridized carbons (Fsp3) is 0.385. The van der Waals surface area contributed by atoms with Crippen LogP contribution in [0.3, 0.4) is 0 Å². The number of hydrogen-bond donors (Lipinski definition) is 1. The number of nitrogens with one attached hydrogen (secondary N) is 1. The molecule has 21 heavy (non-hydrogen) atoms. The quantitative estimate of drug-likeness (QED) is 0.898. The van der Waals surface area contributed by atoms with E-state index in [1.807, 2.05) is 29.2 Å². The van der Waals surface area contributed by atoms with Crippen molar-refractivity contribution in [2.24, 2.45) is 0 Å². The predicted octanol–water partition coefficient (Wildman–Crippen LogP) is 0.715. The van der Waals surface area contributed by atoms with Crippen molar-refractivity contribution in [3.63, 3.8) is 0 Å². The van der Waals surface area contributed by atoms with E-state index in [9.17, 15) is 8.42 Å². The van der Waals surface area contributed by atoms with Gasteiger partial charge in [-0.3, -0.25) is 5.10 Å². The minimum absolute atomic E-state index is 0.149. The molecule has 7 nitrogen and oxygen atoms in total. The minimum Gasteiger partial charge on any atom is -0.497 e. The molecule has 0 spiro atoms. The Morgan fingerprint density at radius 1 is 1.29 bits per heavy atom. The molecule has 0 saturated carbocycles. The number of benzene rings is 1. The van der Waals surface area contributed by atoms with E-state index >= 15 is 0 Å². The van der Waals surface area contributed by atoms with E-state index in [0.717, 1.165) is 11.3 Å². The SMILES string of the molecule is COc1cccc(-c2nc(N3CCS(=O)(=O)CC3)n[nH]2)c1.